The van der Waals surface area contributed by atoms with Crippen molar-refractivity contribution in [1.82, 2.24) is 4.98 Å². The van der Waals surface area contributed by atoms with Gasteiger partial charge in [-0.15, -0.1) is 0 Å². The second-order valence-electron chi connectivity index (χ2n) is 2.70. The van der Waals surface area contributed by atoms with Crippen LogP contribution in [0.15, 0.2) is 6.07 Å². The van der Waals surface area contributed by atoms with Crippen molar-refractivity contribution >= 4 is 16.8 Å². The maximum Gasteiger partial charge on any atom is 0.284 e. The van der Waals surface area contributed by atoms with Crippen molar-refractivity contribution in [2.75, 3.05) is 14.2 Å². The first-order valence-electron chi connectivity index (χ1n) is 4.12. The van der Waals surface area contributed by atoms with E-state index in [1.807, 2.05) is 0 Å². The summed E-state index contributed by atoms with van der Waals surface area (Å²) in [6.45, 7) is 0. The van der Waals surface area contributed by atoms with Crippen LogP contribution in [0, 0.1) is 0 Å². The fourth-order valence-electron chi connectivity index (χ4n) is 1.13. The second kappa shape index (κ2) is 5.07. The SMILES string of the molecule is COc1cc(C(=O)Cl)nc(C(F)F)c1OC. The third kappa shape index (κ3) is 2.38. The van der Waals surface area contributed by atoms with Crippen LogP contribution in [-0.2, 0) is 0 Å². The average molecular weight is 252 g/mol. The standard InChI is InChI=1S/C9H8ClF2NO3/c1-15-5-3-4(8(10)14)13-6(9(11)12)7(5)16-2/h3,9H,1-2H3. The van der Waals surface area contributed by atoms with E-state index in [9.17, 15) is 13.6 Å². The van der Waals surface area contributed by atoms with Gasteiger partial charge in [0.05, 0.1) is 14.2 Å². The Morgan fingerprint density at radius 3 is 2.44 bits per heavy atom. The molecule has 0 aromatic carbocycles. The quantitative estimate of drug-likeness (QED) is 0.771. The minimum atomic E-state index is -2.89. The van der Waals surface area contributed by atoms with E-state index in [2.05, 4.69) is 4.98 Å². The first-order chi connectivity index (χ1) is 7.51. The molecule has 0 radical (unpaired) electrons. The number of hydrogen-bond donors (Lipinski definition) is 0. The summed E-state index contributed by atoms with van der Waals surface area (Å²) in [5, 5.41) is -0.942. The molecule has 0 amide bonds. The smallest absolute Gasteiger partial charge is 0.284 e. The maximum atomic E-state index is 12.6. The molecule has 0 spiro atoms. The van der Waals surface area contributed by atoms with Gasteiger partial charge in [-0.3, -0.25) is 4.79 Å². The van der Waals surface area contributed by atoms with Gasteiger partial charge in [0.15, 0.2) is 17.2 Å². The molecule has 1 heterocycles. The third-order valence-electron chi connectivity index (χ3n) is 1.80. The van der Waals surface area contributed by atoms with Crippen LogP contribution in [0.1, 0.15) is 22.6 Å². The highest BCUT2D eigenvalue weighted by Gasteiger charge is 2.23. The number of methoxy groups -OCH3 is 2. The van der Waals surface area contributed by atoms with Crippen LogP contribution in [0.2, 0.25) is 0 Å². The Morgan fingerprint density at radius 1 is 1.44 bits per heavy atom. The van der Waals surface area contributed by atoms with Crippen molar-refractivity contribution in [2.45, 2.75) is 6.43 Å². The van der Waals surface area contributed by atoms with Gasteiger partial charge in [0.2, 0.25) is 0 Å². The predicted molar refractivity (Wildman–Crippen MR) is 52.5 cm³/mol. The highest BCUT2D eigenvalue weighted by Crippen LogP contribution is 2.36. The summed E-state index contributed by atoms with van der Waals surface area (Å²) >= 11 is 5.16. The summed E-state index contributed by atoms with van der Waals surface area (Å²) in [6, 6.07) is 1.14. The number of pyridine rings is 1. The number of ether oxygens (including phenoxy) is 2. The third-order valence-corrected chi connectivity index (χ3v) is 1.99. The molecule has 0 aliphatic rings. The molecule has 0 N–H and O–H groups in total. The Hall–Kier alpha value is -1.43. The molecule has 0 saturated heterocycles. The van der Waals surface area contributed by atoms with Crippen LogP contribution < -0.4 is 9.47 Å². The lowest BCUT2D eigenvalue weighted by Gasteiger charge is -2.12. The van der Waals surface area contributed by atoms with Gasteiger partial charge in [-0.25, -0.2) is 13.8 Å². The first-order valence-corrected chi connectivity index (χ1v) is 4.50. The summed E-state index contributed by atoms with van der Waals surface area (Å²) in [5.41, 5.74) is -0.986. The van der Waals surface area contributed by atoms with Crippen molar-refractivity contribution in [1.29, 1.82) is 0 Å². The van der Waals surface area contributed by atoms with Crippen LogP contribution in [0.4, 0.5) is 8.78 Å². The second-order valence-corrected chi connectivity index (χ2v) is 3.05. The number of carbonyl (C=O) groups excluding carboxylic acids is 1. The normalized spacial score (nSPS) is 10.4. The van der Waals surface area contributed by atoms with Gasteiger partial charge in [0.25, 0.3) is 11.7 Å². The van der Waals surface area contributed by atoms with Gasteiger partial charge in [0, 0.05) is 6.07 Å². The lowest BCUT2D eigenvalue weighted by Crippen LogP contribution is -2.04. The summed E-state index contributed by atoms with van der Waals surface area (Å²) in [6.07, 6.45) is -2.89. The molecular formula is C9H8ClF2NO3. The molecule has 0 bridgehead atoms. The van der Waals surface area contributed by atoms with E-state index in [0.29, 0.717) is 0 Å². The van der Waals surface area contributed by atoms with Crippen LogP contribution in [0.5, 0.6) is 11.5 Å². The fourth-order valence-corrected chi connectivity index (χ4v) is 1.23. The Labute approximate surface area is 95.1 Å². The van der Waals surface area contributed by atoms with Gasteiger partial charge < -0.3 is 9.47 Å². The molecule has 1 aromatic heterocycles. The molecule has 4 nitrogen and oxygen atoms in total. The Morgan fingerprint density at radius 2 is 2.06 bits per heavy atom. The molecule has 0 atom stereocenters. The number of rotatable bonds is 4. The Balaban J connectivity index is 3.43. The van der Waals surface area contributed by atoms with Crippen molar-refractivity contribution in [3.8, 4) is 11.5 Å². The molecule has 16 heavy (non-hydrogen) atoms. The van der Waals surface area contributed by atoms with Crippen molar-refractivity contribution in [3.05, 3.63) is 17.5 Å². The highest BCUT2D eigenvalue weighted by atomic mass is 35.5. The van der Waals surface area contributed by atoms with Crippen molar-refractivity contribution in [2.24, 2.45) is 0 Å². The number of nitrogens with zero attached hydrogens (tertiary/aromatic N) is 1. The number of hydrogen-bond acceptors (Lipinski definition) is 4. The molecule has 0 fully saturated rings. The van der Waals surface area contributed by atoms with E-state index >= 15 is 0 Å². The number of carbonyl (C=O) groups is 1. The Kier molecular flexibility index (Phi) is 4.00. The van der Waals surface area contributed by atoms with Crippen LogP contribution in [-0.4, -0.2) is 24.4 Å². The monoisotopic (exact) mass is 251 g/mol. The van der Waals surface area contributed by atoms with Crippen LogP contribution >= 0.6 is 11.6 Å². The zero-order valence-electron chi connectivity index (χ0n) is 8.46. The largest absolute Gasteiger partial charge is 0.493 e. The molecule has 1 aromatic rings. The molecule has 0 aliphatic carbocycles. The average Bonchev–Trinajstić information content (AvgIpc) is 2.26. The van der Waals surface area contributed by atoms with Gasteiger partial charge >= 0.3 is 0 Å². The van der Waals surface area contributed by atoms with E-state index in [0.717, 1.165) is 6.07 Å². The number of aromatic nitrogens is 1. The lowest BCUT2D eigenvalue weighted by atomic mass is 10.2. The minimum Gasteiger partial charge on any atom is -0.493 e. The summed E-state index contributed by atoms with van der Waals surface area (Å²) < 4.78 is 34.8. The first kappa shape index (κ1) is 12.6. The molecule has 7 heteroatoms. The summed E-state index contributed by atoms with van der Waals surface area (Å²) in [7, 11) is 2.46. The molecule has 0 saturated carbocycles. The number of alkyl halides is 2. The highest BCUT2D eigenvalue weighted by molar-refractivity contribution is 6.67. The van der Waals surface area contributed by atoms with Crippen molar-refractivity contribution in [3.63, 3.8) is 0 Å². The predicted octanol–water partition coefficient (Wildman–Crippen LogP) is 2.42. The summed E-state index contributed by atoms with van der Waals surface area (Å²) in [5.74, 6) is -0.226. The Bertz CT molecular complexity index is 412. The maximum absolute atomic E-state index is 12.6. The molecule has 0 aliphatic heterocycles. The van der Waals surface area contributed by atoms with Crippen LogP contribution in [0.25, 0.3) is 0 Å². The molecule has 1 rings (SSSR count). The molecule has 0 unspecified atom stereocenters. The van der Waals surface area contributed by atoms with Gasteiger partial charge in [-0.05, 0) is 11.6 Å². The van der Waals surface area contributed by atoms with E-state index < -0.39 is 17.4 Å². The minimum absolute atomic E-state index is 0.0169. The zero-order valence-corrected chi connectivity index (χ0v) is 9.22. The van der Waals surface area contributed by atoms with Gasteiger partial charge in [0.1, 0.15) is 5.69 Å². The summed E-state index contributed by atoms with van der Waals surface area (Å²) in [4.78, 5) is 14.3. The number of halogens is 3. The van der Waals surface area contributed by atoms with Gasteiger partial charge in [-0.2, -0.15) is 0 Å². The molecule has 88 valence electrons. The van der Waals surface area contributed by atoms with Crippen molar-refractivity contribution < 1.29 is 23.0 Å². The van der Waals surface area contributed by atoms with E-state index in [1.54, 1.807) is 0 Å². The van der Waals surface area contributed by atoms with E-state index in [1.165, 1.54) is 14.2 Å². The molecular weight excluding hydrogens is 244 g/mol. The fraction of sp³-hybridized carbons (Fsp3) is 0.333. The topological polar surface area (TPSA) is 48.4 Å². The lowest BCUT2D eigenvalue weighted by molar-refractivity contribution is 0.107. The van der Waals surface area contributed by atoms with E-state index in [4.69, 9.17) is 21.1 Å². The van der Waals surface area contributed by atoms with E-state index in [-0.39, 0.29) is 17.2 Å². The zero-order chi connectivity index (χ0) is 12.3. The van der Waals surface area contributed by atoms with Crippen LogP contribution in [0.3, 0.4) is 0 Å². The van der Waals surface area contributed by atoms with Gasteiger partial charge in [-0.1, -0.05) is 0 Å².